The van der Waals surface area contributed by atoms with Gasteiger partial charge in [-0.2, -0.15) is 4.74 Å². The van der Waals surface area contributed by atoms with E-state index in [4.69, 9.17) is 4.52 Å². The van der Waals surface area contributed by atoms with Gasteiger partial charge in [-0.1, -0.05) is 25.1 Å². The Bertz CT molecular complexity index is 1030. The second kappa shape index (κ2) is 4.80. The van der Waals surface area contributed by atoms with Crippen molar-refractivity contribution in [3.8, 4) is 17.1 Å². The lowest BCUT2D eigenvalue weighted by Gasteiger charge is -2.12. The van der Waals surface area contributed by atoms with E-state index < -0.39 is 0 Å². The maximum absolute atomic E-state index is 12.3. The average Bonchev–Trinajstić information content (AvgIpc) is 3.03. The second-order valence-electron chi connectivity index (χ2n) is 5.07. The van der Waals surface area contributed by atoms with Crippen LogP contribution >= 0.6 is 0 Å². The maximum atomic E-state index is 12.3. The van der Waals surface area contributed by atoms with E-state index in [0.29, 0.717) is 22.0 Å². The number of aromatic nitrogens is 3. The quantitative estimate of drug-likeness (QED) is 0.569. The van der Waals surface area contributed by atoms with Gasteiger partial charge >= 0.3 is 0 Å². The van der Waals surface area contributed by atoms with Crippen molar-refractivity contribution < 1.29 is 4.52 Å². The molecule has 0 aromatic heterocycles. The molecule has 2 aliphatic heterocycles. The fraction of sp³-hybridized carbons (Fsp3) is 0.118. The van der Waals surface area contributed by atoms with Gasteiger partial charge in [0.2, 0.25) is 0 Å². The van der Waals surface area contributed by atoms with Gasteiger partial charge in [0, 0.05) is 6.07 Å². The van der Waals surface area contributed by atoms with Crippen LogP contribution in [0.1, 0.15) is 12.6 Å². The molecular weight excluding hydrogens is 278 g/mol. The predicted octanol–water partition coefficient (Wildman–Crippen LogP) is 2.61. The number of fused-ring (bicyclic) bond motifs is 2. The molecule has 2 heterocycles. The SMILES string of the molecule is CCc1cc2c(=O)cc3ncnc-3c=2on1-c1ccccc1. The van der Waals surface area contributed by atoms with Gasteiger partial charge in [-0.3, -0.25) is 4.79 Å². The van der Waals surface area contributed by atoms with Gasteiger partial charge in [-0.15, -0.1) is 0 Å². The molecule has 5 heteroatoms. The van der Waals surface area contributed by atoms with Crippen molar-refractivity contribution in [3.05, 3.63) is 75.3 Å². The first-order chi connectivity index (χ1) is 10.8. The lowest BCUT2D eigenvalue weighted by Crippen LogP contribution is -2.10. The van der Waals surface area contributed by atoms with Gasteiger partial charge in [0.15, 0.2) is 10.8 Å². The number of hydrogen-bond acceptors (Lipinski definition) is 4. The molecule has 4 rings (SSSR count). The van der Waals surface area contributed by atoms with E-state index in [2.05, 4.69) is 9.97 Å². The Morgan fingerprint density at radius 2 is 1.95 bits per heavy atom. The van der Waals surface area contributed by atoms with Crippen molar-refractivity contribution >= 4 is 0 Å². The number of benzene rings is 1. The van der Waals surface area contributed by atoms with Crippen LogP contribution in [0.15, 0.2) is 58.1 Å². The molecule has 0 N–H and O–H groups in total. The molecule has 0 radical (unpaired) electrons. The van der Waals surface area contributed by atoms with Gasteiger partial charge in [0.25, 0.3) is 0 Å². The van der Waals surface area contributed by atoms with Crippen molar-refractivity contribution in [2.24, 2.45) is 0 Å². The van der Waals surface area contributed by atoms with Crippen molar-refractivity contribution in [1.82, 2.24) is 14.7 Å². The number of imidazole rings is 1. The molecule has 0 spiro atoms. The van der Waals surface area contributed by atoms with Gasteiger partial charge in [0.1, 0.15) is 12.0 Å². The minimum Gasteiger partial charge on any atom is -0.372 e. The summed E-state index contributed by atoms with van der Waals surface area (Å²) in [6.45, 7) is 2.03. The number of para-hydroxylation sites is 1. The van der Waals surface area contributed by atoms with E-state index in [1.807, 2.05) is 43.3 Å². The molecule has 3 aliphatic rings. The Morgan fingerprint density at radius 3 is 2.73 bits per heavy atom. The Kier molecular flexibility index (Phi) is 2.79. The van der Waals surface area contributed by atoms with Crippen LogP contribution < -0.4 is 5.43 Å². The van der Waals surface area contributed by atoms with Crippen LogP contribution in [0, 0.1) is 10.6 Å². The standard InChI is InChI=1S/C17H13N3O2/c1-2-11-8-13-15(21)9-14-16(19-10-18-14)17(13)22-20(11)12-6-4-3-5-7-12/h3-10H,2H2,1H3. The summed E-state index contributed by atoms with van der Waals surface area (Å²) >= 11 is 0. The molecule has 0 unspecified atom stereocenters. The van der Waals surface area contributed by atoms with Crippen molar-refractivity contribution in [1.29, 1.82) is 0 Å². The van der Waals surface area contributed by atoms with Gasteiger partial charge in [0.05, 0.1) is 22.3 Å². The number of nitrogens with zero attached hydrogens (tertiary/aromatic N) is 3. The molecule has 22 heavy (non-hydrogen) atoms. The molecule has 0 saturated carbocycles. The number of rotatable bonds is 2. The summed E-state index contributed by atoms with van der Waals surface area (Å²) in [7, 11) is 0. The van der Waals surface area contributed by atoms with E-state index in [9.17, 15) is 4.79 Å². The zero-order chi connectivity index (χ0) is 15.1. The third kappa shape index (κ3) is 1.83. The zero-order valence-electron chi connectivity index (χ0n) is 12.0. The average molecular weight is 291 g/mol. The van der Waals surface area contributed by atoms with Gasteiger partial charge < -0.3 is 4.52 Å². The Hall–Kier alpha value is -2.95. The molecule has 0 bridgehead atoms. The third-order valence-electron chi connectivity index (χ3n) is 3.73. The first-order valence-electron chi connectivity index (χ1n) is 7.13. The summed E-state index contributed by atoms with van der Waals surface area (Å²) in [6, 6.07) is 13.2. The largest absolute Gasteiger partial charge is 0.372 e. The fourth-order valence-corrected chi connectivity index (χ4v) is 2.63. The van der Waals surface area contributed by atoms with Crippen LogP contribution in [0.3, 0.4) is 0 Å². The third-order valence-corrected chi connectivity index (χ3v) is 3.73. The van der Waals surface area contributed by atoms with Crippen molar-refractivity contribution in [3.63, 3.8) is 0 Å². The number of hydrogen-bond donors (Lipinski definition) is 0. The minimum absolute atomic E-state index is 0.0957. The first kappa shape index (κ1) is 12.8. The van der Waals surface area contributed by atoms with E-state index >= 15 is 0 Å². The molecule has 0 saturated heterocycles. The molecule has 5 nitrogen and oxygen atoms in total. The summed E-state index contributed by atoms with van der Waals surface area (Å²) in [5, 5.41) is 0.539. The monoisotopic (exact) mass is 291 g/mol. The van der Waals surface area contributed by atoms with Crippen molar-refractivity contribution in [2.45, 2.75) is 13.3 Å². The zero-order valence-corrected chi connectivity index (χ0v) is 12.0. The minimum atomic E-state index is -0.0957. The highest BCUT2D eigenvalue weighted by Crippen LogP contribution is 2.20. The lowest BCUT2D eigenvalue weighted by atomic mass is 10.1. The maximum Gasteiger partial charge on any atom is 0.194 e. The molecule has 1 aliphatic carbocycles. The smallest absolute Gasteiger partial charge is 0.194 e. The van der Waals surface area contributed by atoms with E-state index in [0.717, 1.165) is 17.8 Å². The van der Waals surface area contributed by atoms with E-state index in [1.165, 1.54) is 12.4 Å². The van der Waals surface area contributed by atoms with Crippen molar-refractivity contribution in [2.75, 3.05) is 0 Å². The summed E-state index contributed by atoms with van der Waals surface area (Å²) in [4.78, 5) is 20.6. The Balaban J connectivity index is 2.16. The van der Waals surface area contributed by atoms with E-state index in [1.54, 1.807) is 4.74 Å². The Morgan fingerprint density at radius 1 is 1.14 bits per heavy atom. The molecule has 0 atom stereocenters. The highest BCUT2D eigenvalue weighted by atomic mass is 16.5. The molecule has 1 aromatic carbocycles. The summed E-state index contributed by atoms with van der Waals surface area (Å²) in [5.74, 6) is 0. The summed E-state index contributed by atoms with van der Waals surface area (Å²) in [5.41, 5.74) is 3.38. The van der Waals surface area contributed by atoms with Crippen LogP contribution in [0.4, 0.5) is 0 Å². The van der Waals surface area contributed by atoms with Crippen LogP contribution in [0.25, 0.3) is 17.1 Å². The van der Waals surface area contributed by atoms with E-state index in [-0.39, 0.29) is 5.43 Å². The van der Waals surface area contributed by atoms with Gasteiger partial charge in [-0.05, 0) is 24.6 Å². The fourth-order valence-electron chi connectivity index (χ4n) is 2.63. The topological polar surface area (TPSA) is 60.9 Å². The number of aryl methyl sites for hydroxylation is 1. The molecule has 0 amide bonds. The second-order valence-corrected chi connectivity index (χ2v) is 5.07. The summed E-state index contributed by atoms with van der Waals surface area (Å²) in [6.07, 6.45) is 2.19. The highest BCUT2D eigenvalue weighted by molar-refractivity contribution is 5.55. The normalized spacial score (nSPS) is 11.3. The van der Waals surface area contributed by atoms with Crippen LogP contribution in [0.5, 0.6) is 0 Å². The Labute approximate surface area is 125 Å². The van der Waals surface area contributed by atoms with Crippen LogP contribution in [-0.4, -0.2) is 14.7 Å². The predicted molar refractivity (Wildman–Crippen MR) is 81.2 cm³/mol. The lowest BCUT2D eigenvalue weighted by molar-refractivity contribution is 0.297. The molecule has 108 valence electrons. The van der Waals surface area contributed by atoms with Crippen LogP contribution in [0.2, 0.25) is 0 Å². The first-order valence-corrected chi connectivity index (χ1v) is 7.13. The van der Waals surface area contributed by atoms with Gasteiger partial charge in [-0.25, -0.2) is 9.97 Å². The molecule has 1 aromatic rings. The molecule has 0 fully saturated rings. The summed E-state index contributed by atoms with van der Waals surface area (Å²) < 4.78 is 7.78. The highest BCUT2D eigenvalue weighted by Gasteiger charge is 2.15. The van der Waals surface area contributed by atoms with Crippen LogP contribution in [-0.2, 0) is 6.42 Å². The molecular formula is C17H13N3O2.